The van der Waals surface area contributed by atoms with E-state index in [2.05, 4.69) is 5.32 Å². The minimum Gasteiger partial charge on any atom is -0.444 e. The molecule has 1 amide bonds. The van der Waals surface area contributed by atoms with Crippen LogP contribution in [0.3, 0.4) is 0 Å². The Hall–Kier alpha value is -0.580. The van der Waals surface area contributed by atoms with Crippen molar-refractivity contribution < 1.29 is 23.9 Å². The summed E-state index contributed by atoms with van der Waals surface area (Å²) in [6, 6.07) is 0. The lowest BCUT2D eigenvalue weighted by Gasteiger charge is -2.19. The van der Waals surface area contributed by atoms with Gasteiger partial charge in [-0.15, -0.1) is 0 Å². The molecule has 3 N–H and O–H groups in total. The van der Waals surface area contributed by atoms with Crippen molar-refractivity contribution in [3.05, 3.63) is 0 Å². The molecule has 0 heterocycles. The summed E-state index contributed by atoms with van der Waals surface area (Å²) in [5.74, 6) is 0. The van der Waals surface area contributed by atoms with Gasteiger partial charge in [-0.2, -0.15) is 0 Å². The lowest BCUT2D eigenvalue weighted by Crippen LogP contribution is -2.33. The van der Waals surface area contributed by atoms with Gasteiger partial charge in [0.2, 0.25) is 0 Å². The Morgan fingerprint density at radius 1 is 1.40 bits per heavy atom. The van der Waals surface area contributed by atoms with E-state index >= 15 is 0 Å². The van der Waals surface area contributed by atoms with Crippen LogP contribution >= 0.6 is 7.60 Å². The Morgan fingerprint density at radius 2 is 1.93 bits per heavy atom. The third-order valence-electron chi connectivity index (χ3n) is 1.29. The average molecular weight is 239 g/mol. The van der Waals surface area contributed by atoms with Gasteiger partial charge in [0.05, 0.1) is 6.16 Å². The SMILES string of the molecule is CC(C)(C)OC(=O)NCCCP(=O)(O)O. The fraction of sp³-hybridized carbons (Fsp3) is 0.875. The van der Waals surface area contributed by atoms with Crippen molar-refractivity contribution in [1.29, 1.82) is 0 Å². The molecule has 0 bridgehead atoms. The highest BCUT2D eigenvalue weighted by molar-refractivity contribution is 7.51. The summed E-state index contributed by atoms with van der Waals surface area (Å²) in [6.45, 7) is 5.41. The number of carbonyl (C=O) groups is 1. The molecule has 0 radical (unpaired) electrons. The summed E-state index contributed by atoms with van der Waals surface area (Å²) in [5, 5.41) is 2.41. The van der Waals surface area contributed by atoms with E-state index in [4.69, 9.17) is 14.5 Å². The van der Waals surface area contributed by atoms with Crippen LogP contribution in [0.5, 0.6) is 0 Å². The second kappa shape index (κ2) is 5.49. The lowest BCUT2D eigenvalue weighted by atomic mass is 10.2. The molecule has 6 nitrogen and oxygen atoms in total. The van der Waals surface area contributed by atoms with Gasteiger partial charge in [0.25, 0.3) is 0 Å². The van der Waals surface area contributed by atoms with E-state index in [1.54, 1.807) is 20.8 Å². The first-order chi connectivity index (χ1) is 6.60. The average Bonchev–Trinajstić information content (AvgIpc) is 1.92. The van der Waals surface area contributed by atoms with Gasteiger partial charge in [0.1, 0.15) is 5.60 Å². The Balaban J connectivity index is 3.61. The van der Waals surface area contributed by atoms with E-state index in [0.717, 1.165) is 0 Å². The zero-order chi connectivity index (χ0) is 12.1. The van der Waals surface area contributed by atoms with Crippen molar-refractivity contribution >= 4 is 13.7 Å². The first-order valence-corrected chi connectivity index (χ1v) is 6.41. The van der Waals surface area contributed by atoms with Gasteiger partial charge in [0.15, 0.2) is 0 Å². The van der Waals surface area contributed by atoms with Crippen molar-refractivity contribution in [2.75, 3.05) is 12.7 Å². The largest absolute Gasteiger partial charge is 0.444 e. The third-order valence-corrected chi connectivity index (χ3v) is 2.19. The number of ether oxygens (including phenoxy) is 1. The van der Waals surface area contributed by atoms with Gasteiger partial charge < -0.3 is 19.8 Å². The molecule has 15 heavy (non-hydrogen) atoms. The number of nitrogens with one attached hydrogen (secondary N) is 1. The number of hydrogen-bond donors (Lipinski definition) is 3. The molecule has 0 aromatic carbocycles. The first kappa shape index (κ1) is 14.4. The maximum Gasteiger partial charge on any atom is 0.407 e. The molecule has 0 aromatic rings. The maximum absolute atomic E-state index is 11.1. The molecule has 0 spiro atoms. The van der Waals surface area contributed by atoms with Crippen molar-refractivity contribution in [2.45, 2.75) is 32.8 Å². The molecule has 0 aliphatic heterocycles. The molecule has 0 aromatic heterocycles. The second-order valence-corrected chi connectivity index (χ2v) is 5.95. The zero-order valence-corrected chi connectivity index (χ0v) is 10.1. The summed E-state index contributed by atoms with van der Waals surface area (Å²) in [5.41, 5.74) is -0.562. The number of rotatable bonds is 4. The van der Waals surface area contributed by atoms with E-state index in [-0.39, 0.29) is 19.1 Å². The van der Waals surface area contributed by atoms with Gasteiger partial charge in [-0.25, -0.2) is 4.79 Å². The molecule has 0 atom stereocenters. The fourth-order valence-electron chi connectivity index (χ4n) is 0.790. The first-order valence-electron chi connectivity index (χ1n) is 4.61. The Kier molecular flexibility index (Phi) is 5.28. The predicted molar refractivity (Wildman–Crippen MR) is 55.8 cm³/mol. The summed E-state index contributed by atoms with van der Waals surface area (Å²) in [7, 11) is -3.96. The van der Waals surface area contributed by atoms with Crippen molar-refractivity contribution in [3.63, 3.8) is 0 Å². The fourth-order valence-corrected chi connectivity index (χ4v) is 1.36. The van der Waals surface area contributed by atoms with Crippen LogP contribution in [0.2, 0.25) is 0 Å². The van der Waals surface area contributed by atoms with Crippen LogP contribution in [0.15, 0.2) is 0 Å². The van der Waals surface area contributed by atoms with Crippen LogP contribution in [0, 0.1) is 0 Å². The highest BCUT2D eigenvalue weighted by Crippen LogP contribution is 2.34. The molecule has 0 unspecified atom stereocenters. The van der Waals surface area contributed by atoms with Gasteiger partial charge in [-0.3, -0.25) is 4.57 Å². The molecule has 0 saturated heterocycles. The van der Waals surface area contributed by atoms with Gasteiger partial charge in [0, 0.05) is 6.54 Å². The van der Waals surface area contributed by atoms with Crippen LogP contribution in [0.4, 0.5) is 4.79 Å². The van der Waals surface area contributed by atoms with Crippen molar-refractivity contribution in [1.82, 2.24) is 5.32 Å². The molecule has 0 fully saturated rings. The molecule has 0 aliphatic rings. The van der Waals surface area contributed by atoms with Crippen LogP contribution < -0.4 is 5.32 Å². The zero-order valence-electron chi connectivity index (χ0n) is 9.19. The van der Waals surface area contributed by atoms with Crippen LogP contribution in [-0.4, -0.2) is 34.2 Å². The number of carbonyl (C=O) groups excluding carboxylic acids is 1. The van der Waals surface area contributed by atoms with Gasteiger partial charge in [-0.1, -0.05) is 0 Å². The normalized spacial score (nSPS) is 12.3. The highest BCUT2D eigenvalue weighted by Gasteiger charge is 2.16. The molecule has 0 saturated carbocycles. The monoisotopic (exact) mass is 239 g/mol. The summed E-state index contributed by atoms with van der Waals surface area (Å²) in [6.07, 6.45) is -0.583. The van der Waals surface area contributed by atoms with Crippen LogP contribution in [0.1, 0.15) is 27.2 Å². The smallest absolute Gasteiger partial charge is 0.407 e. The molecule has 90 valence electrons. The molecule has 0 rings (SSSR count). The van der Waals surface area contributed by atoms with E-state index in [1.165, 1.54) is 0 Å². The molecule has 7 heteroatoms. The lowest BCUT2D eigenvalue weighted by molar-refractivity contribution is 0.0527. The molecular formula is C8H18NO5P. The van der Waals surface area contributed by atoms with Crippen molar-refractivity contribution in [3.8, 4) is 0 Å². The highest BCUT2D eigenvalue weighted by atomic mass is 31.2. The Labute approximate surface area is 89.2 Å². The molecular weight excluding hydrogens is 221 g/mol. The third kappa shape index (κ3) is 11.3. The van der Waals surface area contributed by atoms with E-state index < -0.39 is 19.3 Å². The second-order valence-electron chi connectivity index (χ2n) is 4.17. The summed E-state index contributed by atoms with van der Waals surface area (Å²) >= 11 is 0. The number of alkyl carbamates (subject to hydrolysis) is 1. The number of hydrogen-bond acceptors (Lipinski definition) is 3. The topological polar surface area (TPSA) is 95.9 Å². The minimum absolute atomic E-state index is 0.194. The standard InChI is InChI=1S/C8H18NO5P/c1-8(2,3)14-7(10)9-5-4-6-15(11,12)13/h4-6H2,1-3H3,(H,9,10)(H2,11,12,13). The van der Waals surface area contributed by atoms with Crippen molar-refractivity contribution in [2.24, 2.45) is 0 Å². The van der Waals surface area contributed by atoms with Crippen LogP contribution in [-0.2, 0) is 9.30 Å². The van der Waals surface area contributed by atoms with E-state index in [9.17, 15) is 9.36 Å². The summed E-state index contributed by atoms with van der Waals surface area (Å²) < 4.78 is 15.4. The van der Waals surface area contributed by atoms with E-state index in [0.29, 0.717) is 0 Å². The summed E-state index contributed by atoms with van der Waals surface area (Å²) in [4.78, 5) is 28.1. The number of amides is 1. The quantitative estimate of drug-likeness (QED) is 0.504. The van der Waals surface area contributed by atoms with Gasteiger partial charge in [-0.05, 0) is 27.2 Å². The van der Waals surface area contributed by atoms with Gasteiger partial charge >= 0.3 is 13.7 Å². The van der Waals surface area contributed by atoms with E-state index in [1.807, 2.05) is 0 Å². The maximum atomic E-state index is 11.1. The van der Waals surface area contributed by atoms with Crippen LogP contribution in [0.25, 0.3) is 0 Å². The predicted octanol–water partition coefficient (Wildman–Crippen LogP) is 1.08. The minimum atomic E-state index is -3.96. The Morgan fingerprint density at radius 3 is 2.33 bits per heavy atom. The Bertz CT molecular complexity index is 254. The molecule has 0 aliphatic carbocycles.